The maximum absolute atomic E-state index is 6.18. The standard InChI is InChI=1S/C15H19N3O2/c1-5-6-18-10(2)17-14(15(18)16)11-7-12(19-3)9-13(8-11)20-4/h5,7-9H,1,6,16H2,2-4H3. The third-order valence-electron chi connectivity index (χ3n) is 3.13. The molecule has 0 saturated carbocycles. The molecule has 0 spiro atoms. The summed E-state index contributed by atoms with van der Waals surface area (Å²) in [7, 11) is 3.23. The zero-order valence-corrected chi connectivity index (χ0v) is 12.0. The number of aryl methyl sites for hydroxylation is 1. The number of aromatic nitrogens is 2. The molecule has 2 N–H and O–H groups in total. The van der Waals surface area contributed by atoms with Gasteiger partial charge in [0.05, 0.1) is 14.2 Å². The van der Waals surface area contributed by atoms with Crippen molar-refractivity contribution in [2.75, 3.05) is 20.0 Å². The van der Waals surface area contributed by atoms with Crippen LogP contribution in [0.3, 0.4) is 0 Å². The predicted molar refractivity (Wildman–Crippen MR) is 80.1 cm³/mol. The summed E-state index contributed by atoms with van der Waals surface area (Å²) < 4.78 is 12.5. The number of benzene rings is 1. The van der Waals surface area contributed by atoms with Crippen LogP contribution < -0.4 is 15.2 Å². The van der Waals surface area contributed by atoms with Gasteiger partial charge in [0, 0.05) is 18.2 Å². The Kier molecular flexibility index (Phi) is 3.98. The van der Waals surface area contributed by atoms with Crippen LogP contribution in [0, 0.1) is 6.92 Å². The van der Waals surface area contributed by atoms with E-state index in [4.69, 9.17) is 15.2 Å². The molecule has 1 heterocycles. The quantitative estimate of drug-likeness (QED) is 0.851. The smallest absolute Gasteiger partial charge is 0.132 e. The lowest BCUT2D eigenvalue weighted by Crippen LogP contribution is -2.03. The molecule has 0 saturated heterocycles. The minimum Gasteiger partial charge on any atom is -0.497 e. The van der Waals surface area contributed by atoms with Crippen LogP contribution in [0.2, 0.25) is 0 Å². The molecule has 5 nitrogen and oxygen atoms in total. The molecule has 0 fully saturated rings. The summed E-state index contributed by atoms with van der Waals surface area (Å²) in [5.41, 5.74) is 7.77. The fraction of sp³-hybridized carbons (Fsp3) is 0.267. The van der Waals surface area contributed by atoms with Gasteiger partial charge in [-0.3, -0.25) is 0 Å². The Hall–Kier alpha value is -2.43. The van der Waals surface area contributed by atoms with E-state index >= 15 is 0 Å². The molecule has 0 aliphatic carbocycles. The Morgan fingerprint density at radius 2 is 1.85 bits per heavy atom. The van der Waals surface area contributed by atoms with Crippen molar-refractivity contribution in [2.45, 2.75) is 13.5 Å². The molecule has 5 heteroatoms. The third-order valence-corrected chi connectivity index (χ3v) is 3.13. The zero-order valence-electron chi connectivity index (χ0n) is 12.0. The number of ether oxygens (including phenoxy) is 2. The minimum atomic E-state index is 0.609. The molecule has 0 radical (unpaired) electrons. The minimum absolute atomic E-state index is 0.609. The molecule has 0 atom stereocenters. The molecule has 2 aromatic rings. The Morgan fingerprint density at radius 1 is 1.25 bits per heavy atom. The second-order valence-electron chi connectivity index (χ2n) is 4.39. The van der Waals surface area contributed by atoms with Crippen molar-refractivity contribution in [2.24, 2.45) is 0 Å². The van der Waals surface area contributed by atoms with E-state index < -0.39 is 0 Å². The molecule has 1 aromatic carbocycles. The number of hydrogen-bond acceptors (Lipinski definition) is 4. The highest BCUT2D eigenvalue weighted by atomic mass is 16.5. The SMILES string of the molecule is C=CCn1c(C)nc(-c2cc(OC)cc(OC)c2)c1N. The average molecular weight is 273 g/mol. The highest BCUT2D eigenvalue weighted by Crippen LogP contribution is 2.32. The van der Waals surface area contributed by atoms with Crippen molar-refractivity contribution >= 4 is 5.82 Å². The summed E-state index contributed by atoms with van der Waals surface area (Å²) in [4.78, 5) is 4.53. The number of rotatable bonds is 5. The average Bonchev–Trinajstić information content (AvgIpc) is 2.75. The fourth-order valence-corrected chi connectivity index (χ4v) is 2.10. The lowest BCUT2D eigenvalue weighted by molar-refractivity contribution is 0.394. The van der Waals surface area contributed by atoms with Crippen molar-refractivity contribution in [3.05, 3.63) is 36.7 Å². The van der Waals surface area contributed by atoms with E-state index in [1.807, 2.05) is 29.7 Å². The molecular formula is C15H19N3O2. The maximum Gasteiger partial charge on any atom is 0.132 e. The van der Waals surface area contributed by atoms with E-state index in [1.54, 1.807) is 20.3 Å². The number of nitrogen functional groups attached to an aromatic ring is 1. The molecule has 0 aliphatic heterocycles. The number of allylic oxidation sites excluding steroid dienone is 1. The molecule has 0 unspecified atom stereocenters. The van der Waals surface area contributed by atoms with Crippen molar-refractivity contribution in [1.29, 1.82) is 0 Å². The van der Waals surface area contributed by atoms with Gasteiger partial charge in [-0.25, -0.2) is 4.98 Å². The molecule has 0 aliphatic rings. The topological polar surface area (TPSA) is 62.3 Å². The fourth-order valence-electron chi connectivity index (χ4n) is 2.10. The first kappa shape index (κ1) is 14.0. The van der Waals surface area contributed by atoms with Gasteiger partial charge in [-0.1, -0.05) is 6.08 Å². The van der Waals surface area contributed by atoms with Gasteiger partial charge in [-0.15, -0.1) is 6.58 Å². The van der Waals surface area contributed by atoms with Gasteiger partial charge >= 0.3 is 0 Å². The van der Waals surface area contributed by atoms with Crippen LogP contribution >= 0.6 is 0 Å². The number of hydrogen-bond donors (Lipinski definition) is 1. The van der Waals surface area contributed by atoms with E-state index in [9.17, 15) is 0 Å². The highest BCUT2D eigenvalue weighted by molar-refractivity contribution is 5.73. The van der Waals surface area contributed by atoms with Crippen LogP contribution in [0.1, 0.15) is 5.82 Å². The summed E-state index contributed by atoms with van der Waals surface area (Å²) in [6.45, 7) is 6.28. The monoisotopic (exact) mass is 273 g/mol. The van der Waals surface area contributed by atoms with Crippen LogP contribution in [0.4, 0.5) is 5.82 Å². The van der Waals surface area contributed by atoms with Crippen LogP contribution in [0.15, 0.2) is 30.9 Å². The van der Waals surface area contributed by atoms with Gasteiger partial charge in [0.25, 0.3) is 0 Å². The van der Waals surface area contributed by atoms with Gasteiger partial charge in [0.1, 0.15) is 28.8 Å². The van der Waals surface area contributed by atoms with Gasteiger partial charge in [-0.05, 0) is 19.1 Å². The second kappa shape index (κ2) is 5.69. The Bertz CT molecular complexity index is 610. The Morgan fingerprint density at radius 3 is 2.35 bits per heavy atom. The highest BCUT2D eigenvalue weighted by Gasteiger charge is 2.14. The number of nitrogens with zero attached hydrogens (tertiary/aromatic N) is 2. The van der Waals surface area contributed by atoms with E-state index in [-0.39, 0.29) is 0 Å². The molecule has 0 amide bonds. The Labute approximate surface area is 118 Å². The van der Waals surface area contributed by atoms with Gasteiger partial charge in [0.15, 0.2) is 0 Å². The van der Waals surface area contributed by atoms with E-state index in [0.717, 1.165) is 17.1 Å². The van der Waals surface area contributed by atoms with E-state index in [2.05, 4.69) is 11.6 Å². The summed E-state index contributed by atoms with van der Waals surface area (Å²) in [5.74, 6) is 2.86. The first-order valence-electron chi connectivity index (χ1n) is 6.27. The number of anilines is 1. The number of methoxy groups -OCH3 is 2. The first-order chi connectivity index (χ1) is 9.60. The van der Waals surface area contributed by atoms with Crippen LogP contribution in [0.5, 0.6) is 11.5 Å². The van der Waals surface area contributed by atoms with Crippen LogP contribution in [0.25, 0.3) is 11.3 Å². The summed E-state index contributed by atoms with van der Waals surface area (Å²) in [6, 6.07) is 5.59. The van der Waals surface area contributed by atoms with Crippen LogP contribution in [-0.4, -0.2) is 23.8 Å². The molecule has 106 valence electrons. The zero-order chi connectivity index (χ0) is 14.7. The second-order valence-corrected chi connectivity index (χ2v) is 4.39. The van der Waals surface area contributed by atoms with Crippen molar-refractivity contribution < 1.29 is 9.47 Å². The first-order valence-corrected chi connectivity index (χ1v) is 6.27. The predicted octanol–water partition coefficient (Wildman–Crippen LogP) is 2.64. The number of nitrogens with two attached hydrogens (primary N) is 1. The summed E-state index contributed by atoms with van der Waals surface area (Å²) in [6.07, 6.45) is 1.79. The summed E-state index contributed by atoms with van der Waals surface area (Å²) in [5, 5.41) is 0. The van der Waals surface area contributed by atoms with Crippen molar-refractivity contribution in [1.82, 2.24) is 9.55 Å². The van der Waals surface area contributed by atoms with Crippen LogP contribution in [-0.2, 0) is 6.54 Å². The molecule has 20 heavy (non-hydrogen) atoms. The normalized spacial score (nSPS) is 10.3. The maximum atomic E-state index is 6.18. The molecule has 1 aromatic heterocycles. The number of imidazole rings is 1. The lowest BCUT2D eigenvalue weighted by Gasteiger charge is -2.08. The van der Waals surface area contributed by atoms with E-state index in [0.29, 0.717) is 23.9 Å². The third kappa shape index (κ3) is 2.47. The molecular weight excluding hydrogens is 254 g/mol. The molecule has 0 bridgehead atoms. The van der Waals surface area contributed by atoms with Gasteiger partial charge in [-0.2, -0.15) is 0 Å². The van der Waals surface area contributed by atoms with Gasteiger partial charge < -0.3 is 19.8 Å². The van der Waals surface area contributed by atoms with Crippen molar-refractivity contribution in [3.8, 4) is 22.8 Å². The van der Waals surface area contributed by atoms with Gasteiger partial charge in [0.2, 0.25) is 0 Å². The Balaban J connectivity index is 2.56. The van der Waals surface area contributed by atoms with Crippen molar-refractivity contribution in [3.63, 3.8) is 0 Å². The summed E-state index contributed by atoms with van der Waals surface area (Å²) >= 11 is 0. The largest absolute Gasteiger partial charge is 0.497 e. The molecule has 2 rings (SSSR count). The van der Waals surface area contributed by atoms with E-state index in [1.165, 1.54) is 0 Å². The lowest BCUT2D eigenvalue weighted by atomic mass is 10.1.